The minimum absolute atomic E-state index is 0.0660. The number of ether oxygens (including phenoxy) is 1. The van der Waals surface area contributed by atoms with Crippen LogP contribution < -0.4 is 4.74 Å². The molecule has 0 heterocycles. The highest BCUT2D eigenvalue weighted by molar-refractivity contribution is 5.30. The van der Waals surface area contributed by atoms with Crippen LogP contribution in [0.25, 0.3) is 0 Å². The van der Waals surface area contributed by atoms with Crippen molar-refractivity contribution in [3.05, 3.63) is 29.8 Å². The summed E-state index contributed by atoms with van der Waals surface area (Å²) in [6.45, 7) is 0. The molecular formula is C15H20O2. The first-order valence-electron chi connectivity index (χ1n) is 6.76. The molecule has 0 saturated heterocycles. The zero-order chi connectivity index (χ0) is 11.7. The predicted octanol–water partition coefficient (Wildman–Crippen LogP) is 3.25. The van der Waals surface area contributed by atoms with Crippen LogP contribution in [-0.4, -0.2) is 17.3 Å². The number of aliphatic hydroxyl groups is 1. The molecule has 2 fully saturated rings. The first kappa shape index (κ1) is 11.1. The van der Waals surface area contributed by atoms with Gasteiger partial charge in [-0.05, 0) is 62.1 Å². The molecule has 92 valence electrons. The standard InChI is InChI=1S/C15H20O2/c16-13-5-1-11(2-6-13)12-3-7-14(8-4-12)17-15-9-10-15/h3-4,7-8,11,13,15-16H,1-2,5-6,9-10H2. The van der Waals surface area contributed by atoms with E-state index < -0.39 is 0 Å². The summed E-state index contributed by atoms with van der Waals surface area (Å²) >= 11 is 0. The van der Waals surface area contributed by atoms with Gasteiger partial charge in [0.15, 0.2) is 0 Å². The Kier molecular flexibility index (Phi) is 3.06. The summed E-state index contributed by atoms with van der Waals surface area (Å²) in [6, 6.07) is 8.58. The van der Waals surface area contributed by atoms with Gasteiger partial charge in [-0.3, -0.25) is 0 Å². The average Bonchev–Trinajstić information content (AvgIpc) is 3.15. The molecule has 0 amide bonds. The Bertz CT molecular complexity index is 359. The van der Waals surface area contributed by atoms with E-state index in [4.69, 9.17) is 4.74 Å². The second kappa shape index (κ2) is 4.69. The van der Waals surface area contributed by atoms with E-state index in [0.717, 1.165) is 31.4 Å². The molecule has 0 bridgehead atoms. The highest BCUT2D eigenvalue weighted by Crippen LogP contribution is 2.34. The van der Waals surface area contributed by atoms with Gasteiger partial charge >= 0.3 is 0 Å². The Hall–Kier alpha value is -1.02. The van der Waals surface area contributed by atoms with Gasteiger partial charge in [-0.15, -0.1) is 0 Å². The van der Waals surface area contributed by atoms with Gasteiger partial charge in [0.25, 0.3) is 0 Å². The molecule has 1 aromatic rings. The number of aliphatic hydroxyl groups excluding tert-OH is 1. The minimum atomic E-state index is -0.0660. The molecule has 0 unspecified atom stereocenters. The van der Waals surface area contributed by atoms with Gasteiger partial charge in [0, 0.05) is 0 Å². The van der Waals surface area contributed by atoms with Crippen molar-refractivity contribution in [1.29, 1.82) is 0 Å². The van der Waals surface area contributed by atoms with Crippen molar-refractivity contribution in [1.82, 2.24) is 0 Å². The molecule has 2 heteroatoms. The van der Waals surface area contributed by atoms with Crippen molar-refractivity contribution >= 4 is 0 Å². The molecule has 17 heavy (non-hydrogen) atoms. The van der Waals surface area contributed by atoms with Crippen LogP contribution in [0.15, 0.2) is 24.3 Å². The van der Waals surface area contributed by atoms with E-state index >= 15 is 0 Å². The van der Waals surface area contributed by atoms with E-state index in [1.165, 1.54) is 18.4 Å². The zero-order valence-corrected chi connectivity index (χ0v) is 10.1. The summed E-state index contributed by atoms with van der Waals surface area (Å²) in [5.41, 5.74) is 1.40. The monoisotopic (exact) mass is 232 g/mol. The number of hydrogen-bond donors (Lipinski definition) is 1. The molecule has 0 aliphatic heterocycles. The first-order chi connectivity index (χ1) is 8.31. The summed E-state index contributed by atoms with van der Waals surface area (Å²) in [5.74, 6) is 1.64. The van der Waals surface area contributed by atoms with Crippen LogP contribution in [0, 0.1) is 0 Å². The normalized spacial score (nSPS) is 29.0. The lowest BCUT2D eigenvalue weighted by atomic mass is 9.83. The highest BCUT2D eigenvalue weighted by Gasteiger charge is 2.24. The lowest BCUT2D eigenvalue weighted by molar-refractivity contribution is 0.122. The molecule has 0 aromatic heterocycles. The van der Waals surface area contributed by atoms with Crippen LogP contribution in [0.2, 0.25) is 0 Å². The largest absolute Gasteiger partial charge is 0.490 e. The Labute approximate surface area is 103 Å². The molecule has 2 aliphatic carbocycles. The summed E-state index contributed by atoms with van der Waals surface area (Å²) < 4.78 is 5.74. The number of benzene rings is 1. The average molecular weight is 232 g/mol. The number of hydrogen-bond acceptors (Lipinski definition) is 2. The maximum Gasteiger partial charge on any atom is 0.119 e. The fraction of sp³-hybridized carbons (Fsp3) is 0.600. The van der Waals surface area contributed by atoms with E-state index in [2.05, 4.69) is 24.3 Å². The highest BCUT2D eigenvalue weighted by atomic mass is 16.5. The zero-order valence-electron chi connectivity index (χ0n) is 10.1. The van der Waals surface area contributed by atoms with E-state index in [0.29, 0.717) is 12.0 Å². The van der Waals surface area contributed by atoms with Gasteiger partial charge in [-0.2, -0.15) is 0 Å². The molecule has 2 aliphatic rings. The quantitative estimate of drug-likeness (QED) is 0.867. The smallest absolute Gasteiger partial charge is 0.119 e. The summed E-state index contributed by atoms with van der Waals surface area (Å²) in [6.07, 6.45) is 6.96. The van der Waals surface area contributed by atoms with Crippen molar-refractivity contribution in [3.8, 4) is 5.75 Å². The third-order valence-corrected chi connectivity index (χ3v) is 3.88. The minimum Gasteiger partial charge on any atom is -0.490 e. The van der Waals surface area contributed by atoms with E-state index in [1.54, 1.807) is 0 Å². The maximum absolute atomic E-state index is 9.50. The molecule has 0 atom stereocenters. The molecule has 2 nitrogen and oxygen atoms in total. The Morgan fingerprint density at radius 3 is 2.12 bits per heavy atom. The summed E-state index contributed by atoms with van der Waals surface area (Å²) in [5, 5.41) is 9.50. The van der Waals surface area contributed by atoms with Gasteiger partial charge in [0.05, 0.1) is 12.2 Å². The lowest BCUT2D eigenvalue weighted by Crippen LogP contribution is -2.16. The van der Waals surface area contributed by atoms with E-state index in [9.17, 15) is 5.11 Å². The van der Waals surface area contributed by atoms with Crippen LogP contribution in [0.3, 0.4) is 0 Å². The van der Waals surface area contributed by atoms with Crippen molar-refractivity contribution in [2.45, 2.75) is 56.7 Å². The van der Waals surface area contributed by atoms with Crippen LogP contribution in [0.1, 0.15) is 50.0 Å². The molecule has 3 rings (SSSR count). The van der Waals surface area contributed by atoms with Crippen LogP contribution in [-0.2, 0) is 0 Å². The fourth-order valence-electron chi connectivity index (χ4n) is 2.61. The third kappa shape index (κ3) is 2.81. The van der Waals surface area contributed by atoms with Crippen molar-refractivity contribution in [2.24, 2.45) is 0 Å². The van der Waals surface area contributed by atoms with Crippen molar-refractivity contribution in [3.63, 3.8) is 0 Å². The molecule has 1 N–H and O–H groups in total. The Morgan fingerprint density at radius 1 is 0.882 bits per heavy atom. The summed E-state index contributed by atoms with van der Waals surface area (Å²) in [7, 11) is 0. The van der Waals surface area contributed by atoms with Gasteiger partial charge in [-0.1, -0.05) is 12.1 Å². The van der Waals surface area contributed by atoms with Gasteiger partial charge in [0.2, 0.25) is 0 Å². The molecular weight excluding hydrogens is 212 g/mol. The topological polar surface area (TPSA) is 29.5 Å². The predicted molar refractivity (Wildman–Crippen MR) is 67.3 cm³/mol. The van der Waals surface area contributed by atoms with Gasteiger partial charge in [0.1, 0.15) is 5.75 Å². The second-order valence-electron chi connectivity index (χ2n) is 5.39. The molecule has 0 radical (unpaired) electrons. The number of rotatable bonds is 3. The molecule has 0 spiro atoms. The molecule has 2 saturated carbocycles. The van der Waals surface area contributed by atoms with Gasteiger partial charge < -0.3 is 9.84 Å². The SMILES string of the molecule is OC1CCC(c2ccc(OC3CC3)cc2)CC1. The fourth-order valence-corrected chi connectivity index (χ4v) is 2.61. The molecule has 1 aromatic carbocycles. The maximum atomic E-state index is 9.50. The van der Waals surface area contributed by atoms with Crippen LogP contribution in [0.4, 0.5) is 0 Å². The van der Waals surface area contributed by atoms with Crippen LogP contribution >= 0.6 is 0 Å². The van der Waals surface area contributed by atoms with Gasteiger partial charge in [-0.25, -0.2) is 0 Å². The van der Waals surface area contributed by atoms with Crippen LogP contribution in [0.5, 0.6) is 5.75 Å². The van der Waals surface area contributed by atoms with E-state index in [1.807, 2.05) is 0 Å². The second-order valence-corrected chi connectivity index (χ2v) is 5.39. The first-order valence-corrected chi connectivity index (χ1v) is 6.76. The third-order valence-electron chi connectivity index (χ3n) is 3.88. The van der Waals surface area contributed by atoms with Crippen molar-refractivity contribution in [2.75, 3.05) is 0 Å². The van der Waals surface area contributed by atoms with E-state index in [-0.39, 0.29) is 6.10 Å². The summed E-state index contributed by atoms with van der Waals surface area (Å²) in [4.78, 5) is 0. The van der Waals surface area contributed by atoms with Crippen molar-refractivity contribution < 1.29 is 9.84 Å². The Morgan fingerprint density at radius 2 is 1.53 bits per heavy atom. The Balaban J connectivity index is 1.62. The lowest BCUT2D eigenvalue weighted by Gasteiger charge is -2.25.